The maximum absolute atomic E-state index is 12.7. The number of carbonyl (C=O) groups excluding carboxylic acids is 1. The second kappa shape index (κ2) is 7.57. The topological polar surface area (TPSA) is 46.3 Å². The molecule has 1 saturated carbocycles. The summed E-state index contributed by atoms with van der Waals surface area (Å²) in [6.07, 6.45) is 4.39. The number of carbonyl (C=O) groups is 1. The van der Waals surface area contributed by atoms with Gasteiger partial charge in [0.15, 0.2) is 0 Å². The first kappa shape index (κ1) is 18.4. The summed E-state index contributed by atoms with van der Waals surface area (Å²) < 4.78 is 0. The molecule has 1 aliphatic carbocycles. The molecule has 1 fully saturated rings. The molecule has 2 N–H and O–H groups in total. The van der Waals surface area contributed by atoms with Crippen molar-refractivity contribution < 1.29 is 4.79 Å². The van der Waals surface area contributed by atoms with Crippen LogP contribution in [-0.4, -0.2) is 28.9 Å². The Bertz CT molecular complexity index is 367. The highest BCUT2D eigenvalue weighted by atomic mass is 32.1. The van der Waals surface area contributed by atoms with Gasteiger partial charge in [-0.3, -0.25) is 4.79 Å². The molecule has 0 heterocycles. The predicted molar refractivity (Wildman–Crippen MR) is 93.1 cm³/mol. The molecular formula is C17H32N2OS. The lowest BCUT2D eigenvalue weighted by molar-refractivity contribution is -0.137. The van der Waals surface area contributed by atoms with Gasteiger partial charge in [0, 0.05) is 24.9 Å². The van der Waals surface area contributed by atoms with Crippen molar-refractivity contribution in [3.05, 3.63) is 0 Å². The van der Waals surface area contributed by atoms with Crippen molar-refractivity contribution in [2.24, 2.45) is 28.9 Å². The first-order valence-electron chi connectivity index (χ1n) is 8.24. The summed E-state index contributed by atoms with van der Waals surface area (Å²) >= 11 is 5.02. The summed E-state index contributed by atoms with van der Waals surface area (Å²) in [6, 6.07) is 0. The lowest BCUT2D eigenvalue weighted by atomic mass is 9.69. The Hall–Kier alpha value is -0.640. The molecule has 1 rings (SSSR count). The number of nitrogens with two attached hydrogens (primary N) is 1. The van der Waals surface area contributed by atoms with Crippen molar-refractivity contribution in [2.75, 3.05) is 13.1 Å². The average Bonchev–Trinajstić information content (AvgIpc) is 2.42. The molecule has 0 radical (unpaired) electrons. The molecule has 0 saturated heterocycles. The number of nitrogens with zero attached hydrogens (tertiary/aromatic N) is 1. The van der Waals surface area contributed by atoms with Crippen LogP contribution < -0.4 is 5.73 Å². The lowest BCUT2D eigenvalue weighted by Crippen LogP contribution is -2.42. The van der Waals surface area contributed by atoms with Gasteiger partial charge in [0.1, 0.15) is 0 Å². The Morgan fingerprint density at radius 3 is 2.19 bits per heavy atom. The number of thiocarbonyl (C=S) groups is 1. The largest absolute Gasteiger partial charge is 0.393 e. The van der Waals surface area contributed by atoms with Crippen LogP contribution in [-0.2, 0) is 4.79 Å². The summed E-state index contributed by atoms with van der Waals surface area (Å²) in [5.41, 5.74) is 6.04. The van der Waals surface area contributed by atoms with Crippen LogP contribution in [0.4, 0.5) is 0 Å². The van der Waals surface area contributed by atoms with Gasteiger partial charge in [-0.1, -0.05) is 39.9 Å². The average molecular weight is 313 g/mol. The standard InChI is InChI=1S/C17H32N2OS/c1-6-19(11-12(2)15(18)21)16(20)13-7-9-14(10-8-13)17(3,4)5/h12-14H,6-11H2,1-5H3,(H2,18,21). The fourth-order valence-electron chi connectivity index (χ4n) is 3.26. The minimum absolute atomic E-state index is 0.0924. The van der Waals surface area contributed by atoms with Crippen LogP contribution in [0.3, 0.4) is 0 Å². The third-order valence-electron chi connectivity index (χ3n) is 4.97. The van der Waals surface area contributed by atoms with E-state index >= 15 is 0 Å². The molecule has 122 valence electrons. The van der Waals surface area contributed by atoms with Crippen LogP contribution in [0.25, 0.3) is 0 Å². The van der Waals surface area contributed by atoms with Crippen molar-refractivity contribution >= 4 is 23.1 Å². The van der Waals surface area contributed by atoms with Gasteiger partial charge in [-0.2, -0.15) is 0 Å². The van der Waals surface area contributed by atoms with E-state index in [0.717, 1.165) is 25.3 Å². The molecule has 0 spiro atoms. The van der Waals surface area contributed by atoms with Crippen LogP contribution in [0.15, 0.2) is 0 Å². The molecule has 4 heteroatoms. The van der Waals surface area contributed by atoms with E-state index in [9.17, 15) is 4.79 Å². The summed E-state index contributed by atoms with van der Waals surface area (Å²) in [5.74, 6) is 1.33. The molecule has 1 atom stereocenters. The van der Waals surface area contributed by atoms with E-state index < -0.39 is 0 Å². The molecule has 0 aromatic carbocycles. The molecule has 0 aromatic heterocycles. The van der Waals surface area contributed by atoms with E-state index in [2.05, 4.69) is 20.8 Å². The molecule has 3 nitrogen and oxygen atoms in total. The zero-order valence-electron chi connectivity index (χ0n) is 14.3. The lowest BCUT2D eigenvalue weighted by Gasteiger charge is -2.38. The second-order valence-corrected chi connectivity index (χ2v) is 8.07. The van der Waals surface area contributed by atoms with Crippen molar-refractivity contribution in [3.63, 3.8) is 0 Å². The second-order valence-electron chi connectivity index (χ2n) is 7.59. The fourth-order valence-corrected chi connectivity index (χ4v) is 3.33. The summed E-state index contributed by atoms with van der Waals surface area (Å²) in [7, 11) is 0. The monoisotopic (exact) mass is 312 g/mol. The van der Waals surface area contributed by atoms with Crippen LogP contribution in [0, 0.1) is 23.2 Å². The maximum atomic E-state index is 12.7. The third-order valence-corrected chi connectivity index (χ3v) is 5.38. The van der Waals surface area contributed by atoms with E-state index in [1.54, 1.807) is 0 Å². The van der Waals surface area contributed by atoms with Crippen molar-refractivity contribution in [1.82, 2.24) is 4.90 Å². The highest BCUT2D eigenvalue weighted by molar-refractivity contribution is 7.80. The van der Waals surface area contributed by atoms with Gasteiger partial charge in [0.2, 0.25) is 5.91 Å². The molecule has 1 amide bonds. The van der Waals surface area contributed by atoms with Gasteiger partial charge in [-0.25, -0.2) is 0 Å². The Morgan fingerprint density at radius 1 is 1.29 bits per heavy atom. The number of hydrogen-bond acceptors (Lipinski definition) is 2. The Kier molecular flexibility index (Phi) is 6.64. The van der Waals surface area contributed by atoms with Crippen LogP contribution in [0.1, 0.15) is 60.3 Å². The molecule has 1 aliphatic rings. The fraction of sp³-hybridized carbons (Fsp3) is 0.882. The van der Waals surface area contributed by atoms with E-state index in [0.29, 0.717) is 22.9 Å². The zero-order valence-corrected chi connectivity index (χ0v) is 15.1. The number of rotatable bonds is 5. The predicted octanol–water partition coefficient (Wildman–Crippen LogP) is 3.61. The SMILES string of the molecule is CCN(CC(C)C(N)=S)C(=O)C1CCC(C(C)(C)C)CC1. The van der Waals surface area contributed by atoms with E-state index in [-0.39, 0.29) is 11.8 Å². The summed E-state index contributed by atoms with van der Waals surface area (Å²) in [5, 5.41) is 0. The van der Waals surface area contributed by atoms with E-state index in [1.807, 2.05) is 18.7 Å². The van der Waals surface area contributed by atoms with Gasteiger partial charge in [0.25, 0.3) is 0 Å². The molecule has 0 aliphatic heterocycles. The van der Waals surface area contributed by atoms with Crippen molar-refractivity contribution in [2.45, 2.75) is 60.3 Å². The van der Waals surface area contributed by atoms with Gasteiger partial charge in [0.05, 0.1) is 4.99 Å². The van der Waals surface area contributed by atoms with Gasteiger partial charge in [-0.05, 0) is 43.9 Å². The number of amides is 1. The minimum atomic E-state index is 0.0924. The first-order valence-corrected chi connectivity index (χ1v) is 8.65. The Morgan fingerprint density at radius 2 is 1.81 bits per heavy atom. The molecule has 21 heavy (non-hydrogen) atoms. The van der Waals surface area contributed by atoms with E-state index in [1.165, 1.54) is 12.8 Å². The first-order chi connectivity index (χ1) is 9.66. The van der Waals surface area contributed by atoms with E-state index in [4.69, 9.17) is 18.0 Å². The third kappa shape index (κ3) is 5.24. The zero-order chi connectivity index (χ0) is 16.2. The molecule has 0 aromatic rings. The smallest absolute Gasteiger partial charge is 0.225 e. The normalized spacial score (nSPS) is 24.4. The van der Waals surface area contributed by atoms with Crippen molar-refractivity contribution in [3.8, 4) is 0 Å². The Labute approximate surface area is 135 Å². The van der Waals surface area contributed by atoms with Gasteiger partial charge >= 0.3 is 0 Å². The minimum Gasteiger partial charge on any atom is -0.393 e. The van der Waals surface area contributed by atoms with Crippen molar-refractivity contribution in [1.29, 1.82) is 0 Å². The summed E-state index contributed by atoms with van der Waals surface area (Å²) in [6.45, 7) is 12.3. The highest BCUT2D eigenvalue weighted by Gasteiger charge is 2.34. The Balaban J connectivity index is 2.57. The molecular weight excluding hydrogens is 280 g/mol. The van der Waals surface area contributed by atoms with Gasteiger partial charge < -0.3 is 10.6 Å². The maximum Gasteiger partial charge on any atom is 0.225 e. The van der Waals surface area contributed by atoms with Crippen LogP contribution in [0.2, 0.25) is 0 Å². The number of hydrogen-bond donors (Lipinski definition) is 1. The summed E-state index contributed by atoms with van der Waals surface area (Å²) in [4.78, 5) is 15.1. The van der Waals surface area contributed by atoms with Crippen LogP contribution in [0.5, 0.6) is 0 Å². The van der Waals surface area contributed by atoms with Crippen LogP contribution >= 0.6 is 12.2 Å². The highest BCUT2D eigenvalue weighted by Crippen LogP contribution is 2.40. The quantitative estimate of drug-likeness (QED) is 0.789. The van der Waals surface area contributed by atoms with Gasteiger partial charge in [-0.15, -0.1) is 0 Å². The molecule has 1 unspecified atom stereocenters. The molecule has 0 bridgehead atoms.